The van der Waals surface area contributed by atoms with Crippen LogP contribution in [0, 0.1) is 0 Å². The molecule has 0 saturated heterocycles. The number of hydrogen-bond donors (Lipinski definition) is 1. The summed E-state index contributed by atoms with van der Waals surface area (Å²) in [7, 11) is 0. The lowest BCUT2D eigenvalue weighted by Crippen LogP contribution is -2.34. The first-order chi connectivity index (χ1) is 6.43. The third-order valence-corrected chi connectivity index (χ3v) is 1.63. The summed E-state index contributed by atoms with van der Waals surface area (Å²) in [5, 5.41) is 0. The molecule has 1 atom stereocenters. The summed E-state index contributed by atoms with van der Waals surface area (Å²) in [5.74, 6) is -0.806. The number of nitrogens with two attached hydrogens (primary N) is 1. The first-order valence-corrected chi connectivity index (χ1v) is 4.34. The Kier molecular flexibility index (Phi) is 5.71. The van der Waals surface area contributed by atoms with Crippen molar-refractivity contribution in [1.29, 1.82) is 0 Å². The molecule has 0 fully saturated rings. The van der Waals surface area contributed by atoms with E-state index in [0.717, 1.165) is 0 Å². The lowest BCUT2D eigenvalue weighted by Gasteiger charge is -2.08. The average Bonchev–Trinajstić information content (AvgIpc) is 2.10. The zero-order valence-corrected chi connectivity index (χ0v) is 8.41. The maximum Gasteiger partial charge on any atom is 0.306 e. The minimum atomic E-state index is -0.767. The summed E-state index contributed by atoms with van der Waals surface area (Å²) in [6.45, 7) is 2.61. The van der Waals surface area contributed by atoms with Crippen LogP contribution in [0.2, 0.25) is 0 Å². The molecule has 0 aliphatic rings. The number of carbonyl (C=O) groups is 3. The smallest absolute Gasteiger partial charge is 0.306 e. The molecule has 0 heterocycles. The highest BCUT2D eigenvalue weighted by Gasteiger charge is 2.11. The van der Waals surface area contributed by atoms with Crippen LogP contribution >= 0.6 is 0 Å². The number of ether oxygens (including phenoxy) is 1. The maximum atomic E-state index is 10.9. The molecular weight excluding hydrogens is 186 g/mol. The van der Waals surface area contributed by atoms with Crippen LogP contribution in [-0.4, -0.2) is 30.2 Å². The Morgan fingerprint density at radius 3 is 2.21 bits per heavy atom. The molecule has 0 bridgehead atoms. The zero-order chi connectivity index (χ0) is 11.1. The van der Waals surface area contributed by atoms with Crippen LogP contribution in [-0.2, 0) is 19.1 Å². The minimum absolute atomic E-state index is 0.0416. The summed E-state index contributed by atoms with van der Waals surface area (Å²) >= 11 is 0. The number of rotatable bonds is 6. The van der Waals surface area contributed by atoms with E-state index in [1.807, 2.05) is 0 Å². The molecule has 0 rings (SSSR count). The van der Waals surface area contributed by atoms with Gasteiger partial charge in [-0.25, -0.2) is 0 Å². The van der Waals surface area contributed by atoms with Crippen LogP contribution in [0.1, 0.15) is 26.7 Å². The first kappa shape index (κ1) is 12.8. The molecule has 0 aliphatic heterocycles. The standard InChI is InChI=1S/C9H15NO4/c1-6(11)3-4-9(13)14-5-8(10)7(2)12/h8H,3-5,10H2,1-2H3. The fraction of sp³-hybridized carbons (Fsp3) is 0.667. The Balaban J connectivity index is 3.64. The summed E-state index contributed by atoms with van der Waals surface area (Å²) < 4.78 is 4.68. The molecule has 2 N–H and O–H groups in total. The highest BCUT2D eigenvalue weighted by molar-refractivity contribution is 5.82. The van der Waals surface area contributed by atoms with Crippen molar-refractivity contribution in [2.75, 3.05) is 6.61 Å². The van der Waals surface area contributed by atoms with Crippen molar-refractivity contribution < 1.29 is 19.1 Å². The minimum Gasteiger partial charge on any atom is -0.464 e. The molecule has 80 valence electrons. The lowest BCUT2D eigenvalue weighted by atomic mass is 10.2. The summed E-state index contributed by atoms with van der Waals surface area (Å²) in [6.07, 6.45) is 0.202. The normalized spacial score (nSPS) is 11.9. The second-order valence-corrected chi connectivity index (χ2v) is 3.10. The summed E-state index contributed by atoms with van der Waals surface area (Å²) in [5.41, 5.74) is 5.33. The Bertz CT molecular complexity index is 237. The van der Waals surface area contributed by atoms with Crippen molar-refractivity contribution in [2.24, 2.45) is 5.73 Å². The monoisotopic (exact) mass is 201 g/mol. The fourth-order valence-corrected chi connectivity index (χ4v) is 0.650. The molecule has 14 heavy (non-hydrogen) atoms. The maximum absolute atomic E-state index is 10.9. The van der Waals surface area contributed by atoms with E-state index < -0.39 is 12.0 Å². The fourth-order valence-electron chi connectivity index (χ4n) is 0.650. The van der Waals surface area contributed by atoms with Gasteiger partial charge in [-0.1, -0.05) is 0 Å². The zero-order valence-electron chi connectivity index (χ0n) is 8.41. The first-order valence-electron chi connectivity index (χ1n) is 4.34. The number of hydrogen-bond acceptors (Lipinski definition) is 5. The molecule has 1 unspecified atom stereocenters. The van der Waals surface area contributed by atoms with Gasteiger partial charge in [0.05, 0.1) is 12.5 Å². The molecule has 0 aromatic carbocycles. The van der Waals surface area contributed by atoms with Gasteiger partial charge in [0.1, 0.15) is 18.2 Å². The Hall–Kier alpha value is -1.23. The second kappa shape index (κ2) is 6.26. The SMILES string of the molecule is CC(=O)CCC(=O)OCC(N)C(C)=O. The molecular formula is C9H15NO4. The average molecular weight is 201 g/mol. The number of carbonyl (C=O) groups excluding carboxylic acids is 3. The van der Waals surface area contributed by atoms with Crippen LogP contribution in [0.4, 0.5) is 0 Å². The van der Waals surface area contributed by atoms with Gasteiger partial charge in [-0.3, -0.25) is 9.59 Å². The van der Waals surface area contributed by atoms with Gasteiger partial charge in [-0.2, -0.15) is 0 Å². The predicted molar refractivity (Wildman–Crippen MR) is 49.5 cm³/mol. The number of esters is 1. The van der Waals surface area contributed by atoms with E-state index in [2.05, 4.69) is 4.74 Å². The highest BCUT2D eigenvalue weighted by Crippen LogP contribution is 1.95. The quantitative estimate of drug-likeness (QED) is 0.602. The Morgan fingerprint density at radius 2 is 1.79 bits per heavy atom. The summed E-state index contributed by atoms with van der Waals surface area (Å²) in [4.78, 5) is 32.1. The number of ketones is 2. The lowest BCUT2D eigenvalue weighted by molar-refractivity contribution is -0.145. The van der Waals surface area contributed by atoms with Crippen LogP contribution in [0.25, 0.3) is 0 Å². The van der Waals surface area contributed by atoms with E-state index in [1.165, 1.54) is 13.8 Å². The predicted octanol–water partition coefficient (Wildman–Crippen LogP) is -0.185. The van der Waals surface area contributed by atoms with Gasteiger partial charge in [0.15, 0.2) is 0 Å². The molecule has 0 aromatic rings. The van der Waals surface area contributed by atoms with E-state index >= 15 is 0 Å². The van der Waals surface area contributed by atoms with Crippen molar-refractivity contribution in [2.45, 2.75) is 32.7 Å². The van der Waals surface area contributed by atoms with Crippen molar-refractivity contribution in [3.63, 3.8) is 0 Å². The van der Waals surface area contributed by atoms with Crippen molar-refractivity contribution in [1.82, 2.24) is 0 Å². The van der Waals surface area contributed by atoms with E-state index in [1.54, 1.807) is 0 Å². The van der Waals surface area contributed by atoms with E-state index in [-0.39, 0.29) is 31.0 Å². The molecule has 5 heteroatoms. The second-order valence-electron chi connectivity index (χ2n) is 3.10. The van der Waals surface area contributed by atoms with E-state index in [4.69, 9.17) is 5.73 Å². The molecule has 0 radical (unpaired) electrons. The van der Waals surface area contributed by atoms with Crippen LogP contribution < -0.4 is 5.73 Å². The van der Waals surface area contributed by atoms with Crippen LogP contribution in [0.5, 0.6) is 0 Å². The Morgan fingerprint density at radius 1 is 1.21 bits per heavy atom. The molecule has 5 nitrogen and oxygen atoms in total. The van der Waals surface area contributed by atoms with Gasteiger partial charge in [-0.15, -0.1) is 0 Å². The summed E-state index contributed by atoms with van der Waals surface area (Å²) in [6, 6.07) is -0.767. The van der Waals surface area contributed by atoms with Crippen LogP contribution in [0.15, 0.2) is 0 Å². The third-order valence-electron chi connectivity index (χ3n) is 1.63. The van der Waals surface area contributed by atoms with Gasteiger partial charge in [-0.05, 0) is 13.8 Å². The van der Waals surface area contributed by atoms with Gasteiger partial charge in [0, 0.05) is 6.42 Å². The van der Waals surface area contributed by atoms with E-state index in [9.17, 15) is 14.4 Å². The molecule has 0 aromatic heterocycles. The molecule has 0 spiro atoms. The van der Waals surface area contributed by atoms with Gasteiger partial charge in [0.25, 0.3) is 0 Å². The highest BCUT2D eigenvalue weighted by atomic mass is 16.5. The van der Waals surface area contributed by atoms with Gasteiger partial charge in [0.2, 0.25) is 0 Å². The molecule has 0 amide bonds. The van der Waals surface area contributed by atoms with Crippen molar-refractivity contribution in [3.05, 3.63) is 0 Å². The number of Topliss-reactive ketones (excluding diaryl/α,β-unsaturated/α-hetero) is 2. The van der Waals surface area contributed by atoms with Crippen LogP contribution in [0.3, 0.4) is 0 Å². The van der Waals surface area contributed by atoms with Crippen molar-refractivity contribution in [3.8, 4) is 0 Å². The third kappa shape index (κ3) is 6.30. The molecule has 0 saturated carbocycles. The largest absolute Gasteiger partial charge is 0.464 e. The van der Waals surface area contributed by atoms with Crippen molar-refractivity contribution >= 4 is 17.5 Å². The van der Waals surface area contributed by atoms with Gasteiger partial charge >= 0.3 is 5.97 Å². The molecule has 0 aliphatic carbocycles. The Labute approximate surface area is 82.6 Å². The topological polar surface area (TPSA) is 86.5 Å². The van der Waals surface area contributed by atoms with Gasteiger partial charge < -0.3 is 15.3 Å². The van der Waals surface area contributed by atoms with E-state index in [0.29, 0.717) is 0 Å².